The van der Waals surface area contributed by atoms with Crippen LogP contribution in [0.1, 0.15) is 17.0 Å². The molecule has 0 spiro atoms. The normalized spacial score (nSPS) is 15.2. The van der Waals surface area contributed by atoms with Crippen molar-refractivity contribution in [1.29, 1.82) is 0 Å². The van der Waals surface area contributed by atoms with E-state index in [1.54, 1.807) is 0 Å². The monoisotopic (exact) mass is 210 g/mol. The largest absolute Gasteiger partial charge is 0.368 e. The van der Waals surface area contributed by atoms with Gasteiger partial charge in [0.05, 0.1) is 11.4 Å². The highest BCUT2D eigenvalue weighted by molar-refractivity contribution is 7.98. The summed E-state index contributed by atoms with van der Waals surface area (Å²) in [5.41, 5.74) is 14.6. The molecule has 0 fully saturated rings. The predicted octanol–water partition coefficient (Wildman–Crippen LogP) is 0.349. The third kappa shape index (κ3) is 1.83. The van der Waals surface area contributed by atoms with Gasteiger partial charge in [-0.05, 0) is 24.3 Å². The highest BCUT2D eigenvalue weighted by Gasteiger charge is 2.16. The van der Waals surface area contributed by atoms with E-state index in [-0.39, 0.29) is 0 Å². The van der Waals surface area contributed by atoms with E-state index >= 15 is 0 Å². The van der Waals surface area contributed by atoms with E-state index in [0.29, 0.717) is 12.5 Å². The molecule has 14 heavy (non-hydrogen) atoms. The summed E-state index contributed by atoms with van der Waals surface area (Å²) in [6, 6.07) is 0. The van der Waals surface area contributed by atoms with Crippen LogP contribution in [0.5, 0.6) is 0 Å². The van der Waals surface area contributed by atoms with E-state index in [0.717, 1.165) is 35.7 Å². The summed E-state index contributed by atoms with van der Waals surface area (Å²) in [6.45, 7) is 0.621. The number of fused-ring (bicyclic) bond motifs is 1. The first-order valence-electron chi connectivity index (χ1n) is 4.73. The van der Waals surface area contributed by atoms with Gasteiger partial charge in [-0.2, -0.15) is 11.8 Å². The third-order valence-corrected chi connectivity index (χ3v) is 3.28. The highest BCUT2D eigenvalue weighted by atomic mass is 32.2. The zero-order valence-corrected chi connectivity index (χ0v) is 8.81. The number of nitrogens with zero attached hydrogens (tertiary/aromatic N) is 2. The zero-order chi connectivity index (χ0) is 9.97. The first kappa shape index (κ1) is 9.73. The maximum absolute atomic E-state index is 5.64. The molecule has 1 aliphatic heterocycles. The van der Waals surface area contributed by atoms with E-state index < -0.39 is 0 Å². The Labute approximate surface area is 87.5 Å². The van der Waals surface area contributed by atoms with Gasteiger partial charge in [0.2, 0.25) is 5.95 Å². The van der Waals surface area contributed by atoms with E-state index in [4.69, 9.17) is 11.5 Å². The molecule has 4 N–H and O–H groups in total. The summed E-state index contributed by atoms with van der Waals surface area (Å²) >= 11 is 1.90. The zero-order valence-electron chi connectivity index (χ0n) is 7.99. The molecule has 0 unspecified atom stereocenters. The third-order valence-electron chi connectivity index (χ3n) is 2.31. The fourth-order valence-electron chi connectivity index (χ4n) is 1.70. The van der Waals surface area contributed by atoms with Crippen LogP contribution in [-0.4, -0.2) is 22.3 Å². The van der Waals surface area contributed by atoms with Gasteiger partial charge in [0, 0.05) is 12.2 Å². The van der Waals surface area contributed by atoms with Crippen molar-refractivity contribution in [2.24, 2.45) is 5.73 Å². The molecule has 0 radical (unpaired) electrons. The molecular formula is C9H14N4S. The molecule has 1 aromatic rings. The minimum atomic E-state index is 0.384. The van der Waals surface area contributed by atoms with E-state index in [2.05, 4.69) is 9.97 Å². The first-order chi connectivity index (χ1) is 6.81. The molecule has 0 aliphatic carbocycles. The van der Waals surface area contributed by atoms with Gasteiger partial charge in [0.25, 0.3) is 0 Å². The van der Waals surface area contributed by atoms with Crippen molar-refractivity contribution in [3.8, 4) is 0 Å². The van der Waals surface area contributed by atoms with Crippen LogP contribution in [0.15, 0.2) is 0 Å². The van der Waals surface area contributed by atoms with Gasteiger partial charge in [0.15, 0.2) is 0 Å². The average Bonchev–Trinajstić information content (AvgIpc) is 2.18. The van der Waals surface area contributed by atoms with E-state index in [1.165, 1.54) is 5.56 Å². The van der Waals surface area contributed by atoms with Crippen molar-refractivity contribution in [2.75, 3.05) is 18.0 Å². The van der Waals surface area contributed by atoms with Crippen molar-refractivity contribution in [3.63, 3.8) is 0 Å². The summed E-state index contributed by atoms with van der Waals surface area (Å²) in [7, 11) is 0. The molecule has 2 rings (SSSR count). The molecule has 76 valence electrons. The van der Waals surface area contributed by atoms with Crippen molar-refractivity contribution in [3.05, 3.63) is 17.0 Å². The minimum absolute atomic E-state index is 0.384. The Morgan fingerprint density at radius 2 is 2.21 bits per heavy atom. The predicted molar refractivity (Wildman–Crippen MR) is 59.1 cm³/mol. The SMILES string of the molecule is NCCc1nc(N)nc2c1CCSC2. The van der Waals surface area contributed by atoms with Crippen LogP contribution in [0.3, 0.4) is 0 Å². The smallest absolute Gasteiger partial charge is 0.220 e. The van der Waals surface area contributed by atoms with E-state index in [1.807, 2.05) is 11.8 Å². The first-order valence-corrected chi connectivity index (χ1v) is 5.88. The van der Waals surface area contributed by atoms with E-state index in [9.17, 15) is 0 Å². The lowest BCUT2D eigenvalue weighted by Crippen LogP contribution is -2.15. The summed E-state index contributed by atoms with van der Waals surface area (Å²) < 4.78 is 0. The lowest BCUT2D eigenvalue weighted by molar-refractivity contribution is 0.858. The van der Waals surface area contributed by atoms with Gasteiger partial charge in [-0.3, -0.25) is 0 Å². The van der Waals surface area contributed by atoms with Gasteiger partial charge in [-0.1, -0.05) is 0 Å². The number of rotatable bonds is 2. The molecule has 2 heterocycles. The lowest BCUT2D eigenvalue weighted by atomic mass is 10.1. The molecule has 0 saturated heterocycles. The van der Waals surface area contributed by atoms with Crippen LogP contribution >= 0.6 is 11.8 Å². The Kier molecular flexibility index (Phi) is 2.88. The van der Waals surface area contributed by atoms with Crippen molar-refractivity contribution in [1.82, 2.24) is 9.97 Å². The number of thioether (sulfide) groups is 1. The van der Waals surface area contributed by atoms with Crippen molar-refractivity contribution in [2.45, 2.75) is 18.6 Å². The summed E-state index contributed by atoms with van der Waals surface area (Å²) in [5, 5.41) is 0. The Bertz CT molecular complexity index is 340. The van der Waals surface area contributed by atoms with Gasteiger partial charge < -0.3 is 11.5 Å². The number of aromatic nitrogens is 2. The fourth-order valence-corrected chi connectivity index (χ4v) is 2.62. The van der Waals surface area contributed by atoms with Crippen LogP contribution in [-0.2, 0) is 18.6 Å². The quantitative estimate of drug-likeness (QED) is 0.736. The second-order valence-electron chi connectivity index (χ2n) is 3.30. The van der Waals surface area contributed by atoms with Crippen molar-refractivity contribution >= 4 is 17.7 Å². The lowest BCUT2D eigenvalue weighted by Gasteiger charge is -2.17. The van der Waals surface area contributed by atoms with Crippen molar-refractivity contribution < 1.29 is 0 Å². The Balaban J connectivity index is 2.41. The van der Waals surface area contributed by atoms with Crippen LogP contribution in [0.2, 0.25) is 0 Å². The molecule has 0 saturated carbocycles. The molecule has 4 nitrogen and oxygen atoms in total. The number of anilines is 1. The Morgan fingerprint density at radius 1 is 1.36 bits per heavy atom. The molecule has 5 heteroatoms. The summed E-state index contributed by atoms with van der Waals surface area (Å²) in [6.07, 6.45) is 1.86. The fraction of sp³-hybridized carbons (Fsp3) is 0.556. The maximum atomic E-state index is 5.64. The molecule has 0 amide bonds. The molecular weight excluding hydrogens is 196 g/mol. The second kappa shape index (κ2) is 4.14. The molecule has 0 aromatic carbocycles. The van der Waals surface area contributed by atoms with Gasteiger partial charge in [-0.15, -0.1) is 0 Å². The average molecular weight is 210 g/mol. The van der Waals surface area contributed by atoms with Crippen LogP contribution < -0.4 is 11.5 Å². The van der Waals surface area contributed by atoms with Gasteiger partial charge >= 0.3 is 0 Å². The second-order valence-corrected chi connectivity index (χ2v) is 4.40. The standard InChI is InChI=1S/C9H14N4S/c10-3-1-7-6-2-4-14-5-8(6)13-9(11)12-7/h1-5,10H2,(H2,11,12,13). The number of nitrogen functional groups attached to an aromatic ring is 1. The van der Waals surface area contributed by atoms with Crippen LogP contribution in [0.4, 0.5) is 5.95 Å². The molecule has 0 atom stereocenters. The summed E-state index contributed by atoms with van der Waals surface area (Å²) in [4.78, 5) is 8.52. The summed E-state index contributed by atoms with van der Waals surface area (Å²) in [5.74, 6) is 2.49. The molecule has 0 bridgehead atoms. The number of hydrogen-bond donors (Lipinski definition) is 2. The minimum Gasteiger partial charge on any atom is -0.368 e. The number of nitrogens with two attached hydrogens (primary N) is 2. The highest BCUT2D eigenvalue weighted by Crippen LogP contribution is 2.25. The Morgan fingerprint density at radius 3 is 3.00 bits per heavy atom. The number of hydrogen-bond acceptors (Lipinski definition) is 5. The maximum Gasteiger partial charge on any atom is 0.220 e. The van der Waals surface area contributed by atoms with Gasteiger partial charge in [0.1, 0.15) is 0 Å². The molecule has 1 aliphatic rings. The molecule has 1 aromatic heterocycles. The Hall–Kier alpha value is -0.810. The van der Waals surface area contributed by atoms with Crippen LogP contribution in [0, 0.1) is 0 Å². The topological polar surface area (TPSA) is 77.8 Å². The van der Waals surface area contributed by atoms with Crippen LogP contribution in [0.25, 0.3) is 0 Å². The van der Waals surface area contributed by atoms with Gasteiger partial charge in [-0.25, -0.2) is 9.97 Å².